The lowest BCUT2D eigenvalue weighted by atomic mass is 9.63. The van der Waals surface area contributed by atoms with Crippen LogP contribution in [0.15, 0.2) is 84.9 Å². The number of nitrogens with one attached hydrogen (secondary N) is 2. The summed E-state index contributed by atoms with van der Waals surface area (Å²) in [7, 11) is 0. The van der Waals surface area contributed by atoms with Crippen molar-refractivity contribution in [1.82, 2.24) is 10.6 Å². The predicted octanol–water partition coefficient (Wildman–Crippen LogP) is 6.63. The summed E-state index contributed by atoms with van der Waals surface area (Å²) in [6.07, 6.45) is 3.26. The molecule has 0 unspecified atom stereocenters. The Bertz CT molecular complexity index is 1750. The van der Waals surface area contributed by atoms with E-state index in [-0.39, 0.29) is 22.6 Å². The standard InChI is InChI=1S/C37H36N2O7/c1-3-5-17-38-33(40)25-19-29-31(21-26(25)34(41)39-18-6-4-2)46-32-22-28(36(44)45)27(35(42)43)20-30(32)37(29,23-13-9-7-10-14-23)24-15-11-8-12-16-24/h7-16,19-22H,3-6,17-18H2,1-2H3,(H,38,40)(H,39,41)(H,42,43)(H,44,45). The van der Waals surface area contributed by atoms with Gasteiger partial charge in [-0.3, -0.25) is 9.59 Å². The topological polar surface area (TPSA) is 142 Å². The highest BCUT2D eigenvalue weighted by Gasteiger charge is 2.47. The first-order chi connectivity index (χ1) is 22.2. The van der Waals surface area contributed by atoms with Crippen molar-refractivity contribution in [3.8, 4) is 11.5 Å². The maximum absolute atomic E-state index is 13.8. The molecule has 46 heavy (non-hydrogen) atoms. The Balaban J connectivity index is 1.89. The first-order valence-electron chi connectivity index (χ1n) is 15.4. The van der Waals surface area contributed by atoms with Gasteiger partial charge in [-0.25, -0.2) is 9.59 Å². The smallest absolute Gasteiger partial charge is 0.336 e. The van der Waals surface area contributed by atoms with Crippen molar-refractivity contribution < 1.29 is 34.1 Å². The number of carbonyl (C=O) groups excluding carboxylic acids is 2. The van der Waals surface area contributed by atoms with Crippen LogP contribution in [-0.2, 0) is 5.41 Å². The van der Waals surface area contributed by atoms with Crippen LogP contribution in [0.2, 0.25) is 0 Å². The van der Waals surface area contributed by atoms with Gasteiger partial charge in [0.1, 0.15) is 11.5 Å². The summed E-state index contributed by atoms with van der Waals surface area (Å²) in [4.78, 5) is 52.0. The quantitative estimate of drug-likeness (QED) is 0.115. The lowest BCUT2D eigenvalue weighted by Crippen LogP contribution is -2.36. The van der Waals surface area contributed by atoms with Gasteiger partial charge in [0.25, 0.3) is 11.8 Å². The van der Waals surface area contributed by atoms with E-state index in [0.717, 1.165) is 36.8 Å². The second kappa shape index (κ2) is 13.7. The number of carboxylic acids is 2. The van der Waals surface area contributed by atoms with Crippen LogP contribution in [0.1, 0.15) is 103 Å². The average Bonchev–Trinajstić information content (AvgIpc) is 3.06. The fourth-order valence-electron chi connectivity index (χ4n) is 6.02. The molecular formula is C37H36N2O7. The Labute approximate surface area is 267 Å². The molecule has 2 amide bonds. The number of amides is 2. The summed E-state index contributed by atoms with van der Waals surface area (Å²) < 4.78 is 6.38. The van der Waals surface area contributed by atoms with Crippen LogP contribution in [0.3, 0.4) is 0 Å². The highest BCUT2D eigenvalue weighted by molar-refractivity contribution is 6.08. The molecule has 4 aromatic carbocycles. The van der Waals surface area contributed by atoms with E-state index in [1.54, 1.807) is 6.07 Å². The molecule has 9 heteroatoms. The molecule has 5 rings (SSSR count). The Morgan fingerprint density at radius 2 is 1.00 bits per heavy atom. The molecule has 0 bridgehead atoms. The number of fused-ring (bicyclic) bond motifs is 2. The van der Waals surface area contributed by atoms with E-state index in [0.29, 0.717) is 24.2 Å². The maximum atomic E-state index is 13.8. The third kappa shape index (κ3) is 5.83. The summed E-state index contributed by atoms with van der Waals surface area (Å²) in [6, 6.07) is 24.4. The molecule has 0 saturated heterocycles. The molecule has 9 nitrogen and oxygen atoms in total. The summed E-state index contributed by atoms with van der Waals surface area (Å²) in [5, 5.41) is 25.9. The summed E-state index contributed by atoms with van der Waals surface area (Å²) in [5.41, 5.74) is 0.499. The van der Waals surface area contributed by atoms with E-state index in [4.69, 9.17) is 4.74 Å². The largest absolute Gasteiger partial charge is 0.478 e. The summed E-state index contributed by atoms with van der Waals surface area (Å²) in [5.74, 6) is -3.33. The fourth-order valence-corrected chi connectivity index (χ4v) is 6.02. The molecule has 0 radical (unpaired) electrons. The first-order valence-corrected chi connectivity index (χ1v) is 15.4. The number of hydrogen-bond acceptors (Lipinski definition) is 5. The van der Waals surface area contributed by atoms with Gasteiger partial charge in [0.2, 0.25) is 0 Å². The second-order valence-corrected chi connectivity index (χ2v) is 11.2. The van der Waals surface area contributed by atoms with E-state index < -0.39 is 40.3 Å². The van der Waals surface area contributed by atoms with Gasteiger partial charge in [0.15, 0.2) is 0 Å². The van der Waals surface area contributed by atoms with Crippen LogP contribution >= 0.6 is 0 Å². The molecule has 1 aliphatic rings. The van der Waals surface area contributed by atoms with Crippen molar-refractivity contribution in [2.75, 3.05) is 13.1 Å². The SMILES string of the molecule is CCCCNC(=O)c1cc2c(cc1C(=O)NCCCC)C(c1ccccc1)(c1ccccc1)c1cc(C(=O)O)c(C(=O)O)cc1O2. The molecule has 0 atom stereocenters. The zero-order valence-electron chi connectivity index (χ0n) is 25.8. The van der Waals surface area contributed by atoms with Crippen molar-refractivity contribution in [3.05, 3.63) is 129 Å². The zero-order chi connectivity index (χ0) is 32.8. The minimum atomic E-state index is -1.42. The predicted molar refractivity (Wildman–Crippen MR) is 173 cm³/mol. The molecule has 4 N–H and O–H groups in total. The lowest BCUT2D eigenvalue weighted by Gasteiger charge is -2.42. The molecule has 0 fully saturated rings. The number of carbonyl (C=O) groups is 4. The number of unbranched alkanes of at least 4 members (excludes halogenated alkanes) is 2. The molecule has 0 aliphatic carbocycles. The van der Waals surface area contributed by atoms with Gasteiger partial charge < -0.3 is 25.6 Å². The molecule has 4 aromatic rings. The Morgan fingerprint density at radius 3 is 1.43 bits per heavy atom. The van der Waals surface area contributed by atoms with E-state index in [9.17, 15) is 29.4 Å². The molecule has 236 valence electrons. The van der Waals surface area contributed by atoms with Crippen LogP contribution < -0.4 is 15.4 Å². The maximum Gasteiger partial charge on any atom is 0.336 e. The van der Waals surface area contributed by atoms with Gasteiger partial charge in [0.05, 0.1) is 27.7 Å². The molecule has 0 spiro atoms. The highest BCUT2D eigenvalue weighted by atomic mass is 16.5. The third-order valence-electron chi connectivity index (χ3n) is 8.26. The van der Waals surface area contributed by atoms with Crippen LogP contribution in [0, 0.1) is 0 Å². The number of hydrogen-bond donors (Lipinski definition) is 4. The molecular weight excluding hydrogens is 584 g/mol. The normalized spacial score (nSPS) is 12.7. The van der Waals surface area contributed by atoms with Gasteiger partial charge in [-0.1, -0.05) is 87.4 Å². The van der Waals surface area contributed by atoms with Gasteiger partial charge in [0, 0.05) is 24.2 Å². The van der Waals surface area contributed by atoms with E-state index in [1.807, 2.05) is 74.5 Å². The minimum Gasteiger partial charge on any atom is -0.478 e. The van der Waals surface area contributed by atoms with Gasteiger partial charge in [-0.15, -0.1) is 0 Å². The Hall–Kier alpha value is -5.44. The number of carboxylic acid groups (broad SMARTS) is 2. The van der Waals surface area contributed by atoms with Crippen LogP contribution in [-0.4, -0.2) is 47.1 Å². The van der Waals surface area contributed by atoms with Crippen molar-refractivity contribution in [2.45, 2.75) is 44.9 Å². The van der Waals surface area contributed by atoms with E-state index in [1.165, 1.54) is 18.2 Å². The lowest BCUT2D eigenvalue weighted by molar-refractivity contribution is 0.0651. The monoisotopic (exact) mass is 620 g/mol. The third-order valence-corrected chi connectivity index (χ3v) is 8.26. The van der Waals surface area contributed by atoms with Crippen molar-refractivity contribution in [2.24, 2.45) is 0 Å². The molecule has 0 aromatic heterocycles. The number of benzene rings is 4. The zero-order valence-corrected chi connectivity index (χ0v) is 25.8. The van der Waals surface area contributed by atoms with Crippen LogP contribution in [0.4, 0.5) is 0 Å². The number of ether oxygens (including phenoxy) is 1. The van der Waals surface area contributed by atoms with Gasteiger partial charge in [-0.2, -0.15) is 0 Å². The first kappa shape index (κ1) is 32.0. The van der Waals surface area contributed by atoms with Crippen molar-refractivity contribution >= 4 is 23.8 Å². The number of aromatic carboxylic acids is 2. The Kier molecular flexibility index (Phi) is 9.51. The van der Waals surface area contributed by atoms with E-state index >= 15 is 0 Å². The Morgan fingerprint density at radius 1 is 0.609 bits per heavy atom. The van der Waals surface area contributed by atoms with Gasteiger partial charge in [-0.05, 0) is 48.2 Å². The van der Waals surface area contributed by atoms with Crippen LogP contribution in [0.25, 0.3) is 0 Å². The van der Waals surface area contributed by atoms with Crippen molar-refractivity contribution in [3.63, 3.8) is 0 Å². The van der Waals surface area contributed by atoms with E-state index in [2.05, 4.69) is 10.6 Å². The molecule has 1 aliphatic heterocycles. The summed E-state index contributed by atoms with van der Waals surface area (Å²) >= 11 is 0. The van der Waals surface area contributed by atoms with Crippen LogP contribution in [0.5, 0.6) is 11.5 Å². The molecule has 0 saturated carbocycles. The highest BCUT2D eigenvalue weighted by Crippen LogP contribution is 2.56. The second-order valence-electron chi connectivity index (χ2n) is 11.2. The average molecular weight is 621 g/mol. The molecule has 1 heterocycles. The van der Waals surface area contributed by atoms with Gasteiger partial charge >= 0.3 is 11.9 Å². The minimum absolute atomic E-state index is 0.114. The number of rotatable bonds is 12. The van der Waals surface area contributed by atoms with Crippen molar-refractivity contribution in [1.29, 1.82) is 0 Å². The fraction of sp³-hybridized carbons (Fsp3) is 0.243. The summed E-state index contributed by atoms with van der Waals surface area (Å²) in [6.45, 7) is 4.87.